The number of aliphatic hydroxyl groups is 2. The fraction of sp³-hybridized carbons (Fsp3) is 0.441. The van der Waals surface area contributed by atoms with Gasteiger partial charge in [-0.25, -0.2) is 4.39 Å². The molecule has 0 aromatic heterocycles. The number of rotatable bonds is 10. The molecule has 3 aromatic carbocycles. The lowest BCUT2D eigenvalue weighted by molar-refractivity contribution is 0.0157. The summed E-state index contributed by atoms with van der Waals surface area (Å²) in [6, 6.07) is 20.5. The van der Waals surface area contributed by atoms with E-state index in [1.165, 1.54) is 11.6 Å². The van der Waals surface area contributed by atoms with Crippen LogP contribution >= 0.6 is 0 Å². The number of piperidine rings is 1. The van der Waals surface area contributed by atoms with E-state index in [1.807, 2.05) is 36.4 Å². The Bertz CT molecular complexity index is 1270. The van der Waals surface area contributed by atoms with Crippen molar-refractivity contribution in [2.75, 3.05) is 18.5 Å². The number of anilines is 1. The maximum Gasteiger partial charge on any atom is 0.257 e. The molecule has 0 aliphatic carbocycles. The van der Waals surface area contributed by atoms with Crippen molar-refractivity contribution in [3.8, 4) is 0 Å². The van der Waals surface area contributed by atoms with Crippen LogP contribution in [-0.4, -0.2) is 40.4 Å². The molecule has 1 saturated heterocycles. The number of hydrogen-bond donors (Lipinski definition) is 3. The van der Waals surface area contributed by atoms with Crippen molar-refractivity contribution in [3.05, 3.63) is 100 Å². The summed E-state index contributed by atoms with van der Waals surface area (Å²) in [6.45, 7) is 8.94. The number of nitrogens with zero attached hydrogens (tertiary/aromatic N) is 1. The monoisotopic (exact) mass is 546 g/mol. The van der Waals surface area contributed by atoms with Gasteiger partial charge in [0, 0.05) is 24.8 Å². The highest BCUT2D eigenvalue weighted by Crippen LogP contribution is 2.40. The van der Waals surface area contributed by atoms with E-state index < -0.39 is 18.1 Å². The first-order valence-electron chi connectivity index (χ1n) is 14.5. The van der Waals surface area contributed by atoms with Gasteiger partial charge in [-0.2, -0.15) is 0 Å². The highest BCUT2D eigenvalue weighted by Gasteiger charge is 2.40. The molecule has 3 N–H and O–H groups in total. The van der Waals surface area contributed by atoms with E-state index >= 15 is 0 Å². The Kier molecular flexibility index (Phi) is 9.64. The van der Waals surface area contributed by atoms with Gasteiger partial charge < -0.3 is 20.4 Å². The van der Waals surface area contributed by atoms with Crippen LogP contribution in [0, 0.1) is 18.7 Å². The number of aryl methyl sites for hydroxylation is 2. The molecule has 4 rings (SSSR count). The maximum atomic E-state index is 14.9. The minimum atomic E-state index is -0.920. The minimum Gasteiger partial charge on any atom is -0.396 e. The highest BCUT2D eigenvalue weighted by atomic mass is 19.1. The van der Waals surface area contributed by atoms with Crippen molar-refractivity contribution in [3.63, 3.8) is 0 Å². The fourth-order valence-corrected chi connectivity index (χ4v) is 5.73. The van der Waals surface area contributed by atoms with Gasteiger partial charge in [-0.05, 0) is 84.9 Å². The molecular formula is C34H43FN2O3. The molecule has 1 aliphatic heterocycles. The predicted octanol–water partition coefficient (Wildman–Crippen LogP) is 6.77. The minimum absolute atomic E-state index is 0.00855. The van der Waals surface area contributed by atoms with E-state index in [0.29, 0.717) is 31.4 Å². The first-order chi connectivity index (χ1) is 19.2. The summed E-state index contributed by atoms with van der Waals surface area (Å²) in [6.07, 6.45) is 2.93. The van der Waals surface area contributed by atoms with Crippen LogP contribution in [0.4, 0.5) is 10.1 Å². The van der Waals surface area contributed by atoms with Crippen molar-refractivity contribution < 1.29 is 19.4 Å². The molecule has 1 fully saturated rings. The number of carbonyl (C=O) groups is 1. The summed E-state index contributed by atoms with van der Waals surface area (Å²) in [5.41, 5.74) is 4.72. The molecule has 0 radical (unpaired) electrons. The van der Waals surface area contributed by atoms with Gasteiger partial charge in [-0.3, -0.25) is 4.79 Å². The zero-order valence-corrected chi connectivity index (χ0v) is 24.2. The Hall–Kier alpha value is -3.22. The lowest BCUT2D eigenvalue weighted by atomic mass is 9.81. The lowest BCUT2D eigenvalue weighted by Crippen LogP contribution is -2.48. The second-order valence-corrected chi connectivity index (χ2v) is 11.7. The Balaban J connectivity index is 1.69. The van der Waals surface area contributed by atoms with E-state index in [1.54, 1.807) is 24.0 Å². The maximum absolute atomic E-state index is 14.9. The molecule has 1 amide bonds. The molecule has 6 heteroatoms. The van der Waals surface area contributed by atoms with Crippen LogP contribution in [0.2, 0.25) is 0 Å². The molecule has 3 atom stereocenters. The van der Waals surface area contributed by atoms with Crippen molar-refractivity contribution in [2.24, 2.45) is 5.92 Å². The Morgan fingerprint density at radius 2 is 1.85 bits per heavy atom. The van der Waals surface area contributed by atoms with Crippen LogP contribution in [-0.2, 0) is 11.8 Å². The first kappa shape index (κ1) is 29.8. The second-order valence-electron chi connectivity index (χ2n) is 11.7. The highest BCUT2D eigenvalue weighted by molar-refractivity contribution is 5.96. The molecule has 0 saturated carbocycles. The van der Waals surface area contributed by atoms with Gasteiger partial charge in [0.1, 0.15) is 12.0 Å². The van der Waals surface area contributed by atoms with Crippen LogP contribution in [0.1, 0.15) is 85.1 Å². The van der Waals surface area contributed by atoms with Crippen LogP contribution in [0.3, 0.4) is 0 Å². The van der Waals surface area contributed by atoms with E-state index in [0.717, 1.165) is 29.7 Å². The van der Waals surface area contributed by atoms with Gasteiger partial charge in [-0.15, -0.1) is 0 Å². The normalized spacial score (nSPS) is 18.4. The number of nitrogens with one attached hydrogen (secondary N) is 1. The predicted molar refractivity (Wildman–Crippen MR) is 159 cm³/mol. The number of halogens is 1. The number of amides is 1. The topological polar surface area (TPSA) is 72.8 Å². The van der Waals surface area contributed by atoms with Gasteiger partial charge >= 0.3 is 0 Å². The Morgan fingerprint density at radius 3 is 2.52 bits per heavy atom. The van der Waals surface area contributed by atoms with Gasteiger partial charge in [0.25, 0.3) is 5.91 Å². The molecule has 3 aromatic rings. The number of benzene rings is 3. The Labute approximate surface area is 238 Å². The molecule has 5 nitrogen and oxygen atoms in total. The quantitative estimate of drug-likeness (QED) is 0.245. The van der Waals surface area contributed by atoms with Crippen molar-refractivity contribution in [2.45, 2.75) is 77.5 Å². The van der Waals surface area contributed by atoms with Crippen molar-refractivity contribution in [1.82, 2.24) is 4.90 Å². The number of carbonyl (C=O) groups excluding carboxylic acids is 1. The van der Waals surface area contributed by atoms with Crippen LogP contribution in [0.5, 0.6) is 0 Å². The molecule has 1 unspecified atom stereocenters. The van der Waals surface area contributed by atoms with E-state index in [-0.39, 0.29) is 29.4 Å². The third-order valence-corrected chi connectivity index (χ3v) is 8.57. The van der Waals surface area contributed by atoms with Gasteiger partial charge in [-0.1, -0.05) is 69.3 Å². The average Bonchev–Trinajstić information content (AvgIpc) is 2.96. The number of likely N-dealkylation sites (tertiary alicyclic amines) is 1. The summed E-state index contributed by atoms with van der Waals surface area (Å²) in [4.78, 5) is 15.6. The zero-order valence-electron chi connectivity index (χ0n) is 24.2. The third-order valence-electron chi connectivity index (χ3n) is 8.57. The van der Waals surface area contributed by atoms with Gasteiger partial charge in [0.2, 0.25) is 0 Å². The van der Waals surface area contributed by atoms with Crippen molar-refractivity contribution in [1.29, 1.82) is 0 Å². The molecule has 0 spiro atoms. The summed E-state index contributed by atoms with van der Waals surface area (Å²) >= 11 is 0. The van der Waals surface area contributed by atoms with Gasteiger partial charge in [0.05, 0.1) is 11.6 Å². The summed E-state index contributed by atoms with van der Waals surface area (Å²) in [7, 11) is 0. The average molecular weight is 547 g/mol. The molecule has 1 aliphatic rings. The second kappa shape index (κ2) is 13.0. The summed E-state index contributed by atoms with van der Waals surface area (Å²) in [5.74, 6) is -1.19. The first-order valence-corrected chi connectivity index (χ1v) is 14.5. The standard InChI is InChI=1S/C34H43FN2O3/c1-5-34(3,4)26-12-7-13-27(22-26)36-32(39)28-14-8-20-37(33(40)30-23(2)10-6-15-29(30)35)31(28)25-18-16-24(17-19-25)11-9-21-38/h6-7,10,12-13,15-19,22,28,31-32,36,38-39H,5,8-9,11,14,20-21H2,1-4H3/t28-,31-,32?/m0/s1. The van der Waals surface area contributed by atoms with Crippen molar-refractivity contribution >= 4 is 11.6 Å². The molecular weight excluding hydrogens is 503 g/mol. The zero-order chi connectivity index (χ0) is 28.9. The fourth-order valence-electron chi connectivity index (χ4n) is 5.73. The SMILES string of the molecule is CCC(C)(C)c1cccc(NC(O)[C@H]2CCCN(C(=O)c3c(C)cccc3F)[C@H]2c2ccc(CCCO)cc2)c1. The molecule has 214 valence electrons. The smallest absolute Gasteiger partial charge is 0.257 e. The third kappa shape index (κ3) is 6.56. The lowest BCUT2D eigenvalue weighted by Gasteiger charge is -2.44. The number of aliphatic hydroxyl groups excluding tert-OH is 2. The summed E-state index contributed by atoms with van der Waals surface area (Å²) in [5, 5.41) is 24.2. The van der Waals surface area contributed by atoms with E-state index in [9.17, 15) is 19.4 Å². The molecule has 0 bridgehead atoms. The Morgan fingerprint density at radius 1 is 1.12 bits per heavy atom. The largest absolute Gasteiger partial charge is 0.396 e. The van der Waals surface area contributed by atoms with E-state index in [2.05, 4.69) is 38.2 Å². The summed E-state index contributed by atoms with van der Waals surface area (Å²) < 4.78 is 14.9. The van der Waals surface area contributed by atoms with Crippen LogP contribution in [0.15, 0.2) is 66.7 Å². The van der Waals surface area contributed by atoms with Crippen LogP contribution in [0.25, 0.3) is 0 Å². The molecule has 1 heterocycles. The number of hydrogen-bond acceptors (Lipinski definition) is 4. The van der Waals surface area contributed by atoms with Crippen LogP contribution < -0.4 is 5.32 Å². The van der Waals surface area contributed by atoms with E-state index in [4.69, 9.17) is 0 Å². The molecule has 40 heavy (non-hydrogen) atoms. The van der Waals surface area contributed by atoms with Gasteiger partial charge in [0.15, 0.2) is 0 Å².